The summed E-state index contributed by atoms with van der Waals surface area (Å²) in [5.41, 5.74) is 5.61. The lowest BCUT2D eigenvalue weighted by Crippen LogP contribution is -2.42. The van der Waals surface area contributed by atoms with Crippen LogP contribution in [-0.2, 0) is 11.2 Å². The summed E-state index contributed by atoms with van der Waals surface area (Å²) in [6, 6.07) is 16.7. The summed E-state index contributed by atoms with van der Waals surface area (Å²) in [5, 5.41) is 18.2. The van der Waals surface area contributed by atoms with E-state index in [1.807, 2.05) is 48.7 Å². The average molecular weight is 508 g/mol. The number of hydrogen-bond donors (Lipinski definition) is 3. The number of aromatic nitrogens is 4. The van der Waals surface area contributed by atoms with Gasteiger partial charge in [-0.1, -0.05) is 67.8 Å². The van der Waals surface area contributed by atoms with Gasteiger partial charge in [0.05, 0.1) is 11.9 Å². The van der Waals surface area contributed by atoms with Gasteiger partial charge in [-0.2, -0.15) is 5.10 Å². The molecule has 1 aliphatic rings. The zero-order valence-electron chi connectivity index (χ0n) is 20.9. The molecule has 6 rings (SSSR count). The topological polar surface area (TPSA) is 112 Å². The van der Waals surface area contributed by atoms with Crippen molar-refractivity contribution in [3.8, 4) is 11.1 Å². The molecular weight excluding hydrogens is 478 g/mol. The standard InChI is InChI=1S/C30H29N5O3/c36-29(34-26(30(37)38)15-21-16-31-25-14-8-7-13-22(21)25)24-18-33-35-27(20-11-5-2-6-12-20)23(17-32-28(24)35)19-9-3-1-4-10-19/h1,3-4,7-10,13-14,16-18,20,26,31H,2,5-6,11-12,15H2,(H,34,36)(H,37,38)/t26-/m0/s1. The normalized spacial score (nSPS) is 15.1. The van der Waals surface area contributed by atoms with Gasteiger partial charge in [0.25, 0.3) is 5.91 Å². The van der Waals surface area contributed by atoms with Crippen molar-refractivity contribution in [2.24, 2.45) is 0 Å². The second-order valence-corrected chi connectivity index (χ2v) is 9.98. The number of benzene rings is 2. The monoisotopic (exact) mass is 507 g/mol. The van der Waals surface area contributed by atoms with Crippen molar-refractivity contribution in [1.82, 2.24) is 24.9 Å². The van der Waals surface area contributed by atoms with Crippen LogP contribution in [0.25, 0.3) is 27.7 Å². The lowest BCUT2D eigenvalue weighted by molar-refractivity contribution is -0.139. The number of carboxylic acids is 1. The van der Waals surface area contributed by atoms with Crippen molar-refractivity contribution in [3.05, 3.63) is 90.0 Å². The first kappa shape index (κ1) is 23.9. The molecule has 3 N–H and O–H groups in total. The Hall–Kier alpha value is -4.46. The molecule has 0 aliphatic heterocycles. The lowest BCUT2D eigenvalue weighted by atomic mass is 9.84. The number of hydrogen-bond acceptors (Lipinski definition) is 4. The number of para-hydroxylation sites is 1. The van der Waals surface area contributed by atoms with Crippen LogP contribution in [0.2, 0.25) is 0 Å². The average Bonchev–Trinajstić information content (AvgIpc) is 3.57. The second-order valence-electron chi connectivity index (χ2n) is 9.98. The van der Waals surface area contributed by atoms with E-state index in [9.17, 15) is 14.7 Å². The van der Waals surface area contributed by atoms with Gasteiger partial charge < -0.3 is 15.4 Å². The van der Waals surface area contributed by atoms with E-state index in [1.165, 1.54) is 12.6 Å². The summed E-state index contributed by atoms with van der Waals surface area (Å²) in [6.45, 7) is 0. The van der Waals surface area contributed by atoms with Crippen molar-refractivity contribution < 1.29 is 14.7 Å². The van der Waals surface area contributed by atoms with E-state index in [-0.39, 0.29) is 12.0 Å². The zero-order chi connectivity index (χ0) is 26.1. The molecule has 0 saturated heterocycles. The highest BCUT2D eigenvalue weighted by molar-refractivity contribution is 6.01. The Morgan fingerprint density at radius 3 is 2.58 bits per heavy atom. The minimum Gasteiger partial charge on any atom is -0.480 e. The number of carbonyl (C=O) groups excluding carboxylic acids is 1. The van der Waals surface area contributed by atoms with Gasteiger partial charge in [-0.05, 0) is 30.0 Å². The highest BCUT2D eigenvalue weighted by Gasteiger charge is 2.28. The highest BCUT2D eigenvalue weighted by Crippen LogP contribution is 2.38. The molecular formula is C30H29N5O3. The van der Waals surface area contributed by atoms with E-state index in [0.29, 0.717) is 11.6 Å². The van der Waals surface area contributed by atoms with E-state index in [1.54, 1.807) is 10.7 Å². The molecule has 8 heteroatoms. The lowest BCUT2D eigenvalue weighted by Gasteiger charge is -2.25. The molecule has 192 valence electrons. The van der Waals surface area contributed by atoms with Crippen LogP contribution in [0.15, 0.2) is 73.2 Å². The maximum Gasteiger partial charge on any atom is 0.326 e. The molecule has 0 radical (unpaired) electrons. The van der Waals surface area contributed by atoms with Crippen LogP contribution in [0.4, 0.5) is 0 Å². The number of nitrogens with zero attached hydrogens (tertiary/aromatic N) is 3. The number of carboxylic acid groups (broad SMARTS) is 1. The van der Waals surface area contributed by atoms with Gasteiger partial charge in [0, 0.05) is 41.2 Å². The molecule has 1 fully saturated rings. The predicted molar refractivity (Wildman–Crippen MR) is 145 cm³/mol. The Balaban J connectivity index is 1.34. The van der Waals surface area contributed by atoms with Gasteiger partial charge >= 0.3 is 5.97 Å². The Labute approximate surface area is 219 Å². The van der Waals surface area contributed by atoms with E-state index >= 15 is 0 Å². The second kappa shape index (κ2) is 10.1. The maximum atomic E-state index is 13.4. The highest BCUT2D eigenvalue weighted by atomic mass is 16.4. The molecule has 5 aromatic rings. The largest absolute Gasteiger partial charge is 0.480 e. The molecule has 1 atom stereocenters. The predicted octanol–water partition coefficient (Wildman–Crippen LogP) is 5.35. The number of H-pyrrole nitrogens is 1. The SMILES string of the molecule is O=C(N[C@@H](Cc1c[nH]c2ccccc12)C(=O)O)c1cnn2c(C3CCCCC3)c(-c3ccccc3)cnc12. The molecule has 3 heterocycles. The van der Waals surface area contributed by atoms with Crippen LogP contribution in [0, 0.1) is 0 Å². The molecule has 0 bridgehead atoms. The molecule has 38 heavy (non-hydrogen) atoms. The molecule has 8 nitrogen and oxygen atoms in total. The van der Waals surface area contributed by atoms with Crippen LogP contribution < -0.4 is 5.32 Å². The van der Waals surface area contributed by atoms with Gasteiger partial charge in [-0.15, -0.1) is 0 Å². The van der Waals surface area contributed by atoms with Gasteiger partial charge in [0.1, 0.15) is 11.6 Å². The van der Waals surface area contributed by atoms with Gasteiger partial charge in [-0.3, -0.25) is 4.79 Å². The third kappa shape index (κ3) is 4.42. The Bertz CT molecular complexity index is 1620. The molecule has 1 aliphatic carbocycles. The third-order valence-corrected chi connectivity index (χ3v) is 7.59. The fourth-order valence-corrected chi connectivity index (χ4v) is 5.67. The maximum absolute atomic E-state index is 13.4. The summed E-state index contributed by atoms with van der Waals surface area (Å²) >= 11 is 0. The first-order valence-electron chi connectivity index (χ1n) is 13.1. The van der Waals surface area contributed by atoms with E-state index < -0.39 is 17.9 Å². The third-order valence-electron chi connectivity index (χ3n) is 7.59. The molecule has 0 spiro atoms. The number of aromatic amines is 1. The molecule has 3 aromatic heterocycles. The number of fused-ring (bicyclic) bond motifs is 2. The summed E-state index contributed by atoms with van der Waals surface area (Å²) in [4.78, 5) is 33.3. The summed E-state index contributed by atoms with van der Waals surface area (Å²) in [5.74, 6) is -1.28. The van der Waals surface area contributed by atoms with Crippen LogP contribution in [0.3, 0.4) is 0 Å². The Morgan fingerprint density at radius 1 is 1.03 bits per heavy atom. The number of nitrogens with one attached hydrogen (secondary N) is 2. The number of carbonyl (C=O) groups is 2. The van der Waals surface area contributed by atoms with Crippen molar-refractivity contribution in [1.29, 1.82) is 0 Å². The number of amides is 1. The van der Waals surface area contributed by atoms with Crippen LogP contribution in [0.5, 0.6) is 0 Å². The summed E-state index contributed by atoms with van der Waals surface area (Å²) in [6.07, 6.45) is 11.0. The first-order valence-corrected chi connectivity index (χ1v) is 13.1. The van der Waals surface area contributed by atoms with Crippen molar-refractivity contribution in [2.45, 2.75) is 50.5 Å². The van der Waals surface area contributed by atoms with Crippen LogP contribution in [0.1, 0.15) is 59.6 Å². The summed E-state index contributed by atoms with van der Waals surface area (Å²) < 4.78 is 1.79. The van der Waals surface area contributed by atoms with Crippen LogP contribution >= 0.6 is 0 Å². The van der Waals surface area contributed by atoms with Gasteiger partial charge in [-0.25, -0.2) is 14.3 Å². The van der Waals surface area contributed by atoms with Gasteiger partial charge in [0.2, 0.25) is 0 Å². The summed E-state index contributed by atoms with van der Waals surface area (Å²) in [7, 11) is 0. The fraction of sp³-hybridized carbons (Fsp3) is 0.267. The fourth-order valence-electron chi connectivity index (χ4n) is 5.67. The Kier molecular flexibility index (Phi) is 6.37. The molecule has 0 unspecified atom stereocenters. The zero-order valence-corrected chi connectivity index (χ0v) is 20.9. The minimum absolute atomic E-state index is 0.156. The molecule has 2 aromatic carbocycles. The first-order chi connectivity index (χ1) is 18.6. The van der Waals surface area contributed by atoms with Gasteiger partial charge in [0.15, 0.2) is 5.65 Å². The van der Waals surface area contributed by atoms with Crippen molar-refractivity contribution >= 4 is 28.4 Å². The molecule has 1 amide bonds. The van der Waals surface area contributed by atoms with Crippen molar-refractivity contribution in [3.63, 3.8) is 0 Å². The minimum atomic E-state index is -1.10. The smallest absolute Gasteiger partial charge is 0.326 e. The quantitative estimate of drug-likeness (QED) is 0.275. The molecule has 1 saturated carbocycles. The van der Waals surface area contributed by atoms with Crippen molar-refractivity contribution in [2.75, 3.05) is 0 Å². The van der Waals surface area contributed by atoms with Crippen LogP contribution in [-0.4, -0.2) is 42.6 Å². The van der Waals surface area contributed by atoms with E-state index in [4.69, 9.17) is 0 Å². The van der Waals surface area contributed by atoms with E-state index in [2.05, 4.69) is 32.5 Å². The van der Waals surface area contributed by atoms with E-state index in [0.717, 1.165) is 59.0 Å². The number of aliphatic carboxylic acids is 1. The number of rotatable bonds is 7. The Morgan fingerprint density at radius 2 is 1.79 bits per heavy atom.